The van der Waals surface area contributed by atoms with Crippen LogP contribution in [-0.4, -0.2) is 75.9 Å². The summed E-state index contributed by atoms with van der Waals surface area (Å²) in [5.41, 5.74) is 1.49. The van der Waals surface area contributed by atoms with Gasteiger partial charge in [-0.15, -0.1) is 11.3 Å². The molecule has 0 spiro atoms. The highest BCUT2D eigenvalue weighted by Crippen LogP contribution is 2.39. The molecular weight excluding hydrogens is 478 g/mol. The van der Waals surface area contributed by atoms with Crippen LogP contribution in [0.4, 0.5) is 5.00 Å². The number of aryl methyl sites for hydroxylation is 1. The van der Waals surface area contributed by atoms with Crippen LogP contribution in [0.3, 0.4) is 0 Å². The fourth-order valence-electron chi connectivity index (χ4n) is 4.31. The first-order valence-electron chi connectivity index (χ1n) is 11.3. The lowest BCUT2D eigenvalue weighted by Crippen LogP contribution is -2.50. The van der Waals surface area contributed by atoms with Gasteiger partial charge < -0.3 is 14.8 Å². The third-order valence-electron chi connectivity index (χ3n) is 6.05. The highest BCUT2D eigenvalue weighted by atomic mass is 32.2. The summed E-state index contributed by atoms with van der Waals surface area (Å²) in [7, 11) is -2.08. The zero-order valence-corrected chi connectivity index (χ0v) is 21.0. The molecule has 1 saturated heterocycles. The zero-order chi connectivity index (χ0) is 24.3. The minimum atomic E-state index is -3.61. The van der Waals surface area contributed by atoms with Crippen molar-refractivity contribution in [1.82, 2.24) is 9.21 Å². The Morgan fingerprint density at radius 1 is 1.09 bits per heavy atom. The normalized spacial score (nSPS) is 16.8. The molecule has 184 valence electrons. The van der Waals surface area contributed by atoms with Crippen molar-refractivity contribution in [3.05, 3.63) is 40.3 Å². The maximum atomic E-state index is 12.9. The van der Waals surface area contributed by atoms with Gasteiger partial charge >= 0.3 is 5.97 Å². The van der Waals surface area contributed by atoms with E-state index < -0.39 is 16.0 Å². The number of carbonyl (C=O) groups is 2. The number of hydrogen-bond donors (Lipinski definition) is 1. The van der Waals surface area contributed by atoms with Crippen molar-refractivity contribution in [1.29, 1.82) is 0 Å². The van der Waals surface area contributed by atoms with E-state index in [0.29, 0.717) is 42.5 Å². The molecule has 2 aliphatic rings. The minimum absolute atomic E-state index is 0.126. The molecule has 11 heteroatoms. The van der Waals surface area contributed by atoms with Gasteiger partial charge in [0.15, 0.2) is 0 Å². The number of benzene rings is 1. The predicted molar refractivity (Wildman–Crippen MR) is 129 cm³/mol. The Morgan fingerprint density at radius 2 is 1.79 bits per heavy atom. The van der Waals surface area contributed by atoms with Gasteiger partial charge in [0.05, 0.1) is 30.7 Å². The van der Waals surface area contributed by atoms with Gasteiger partial charge in [-0.05, 0) is 56.0 Å². The summed E-state index contributed by atoms with van der Waals surface area (Å²) in [6.07, 6.45) is 2.74. The summed E-state index contributed by atoms with van der Waals surface area (Å²) >= 11 is 1.45. The number of nitrogens with zero attached hydrogens (tertiary/aromatic N) is 2. The molecule has 1 aromatic heterocycles. The lowest BCUT2D eigenvalue weighted by molar-refractivity contribution is -0.117. The van der Waals surface area contributed by atoms with E-state index >= 15 is 0 Å². The Kier molecular flexibility index (Phi) is 7.56. The Morgan fingerprint density at radius 3 is 2.44 bits per heavy atom. The third-order valence-corrected chi connectivity index (χ3v) is 9.17. The average molecular weight is 508 g/mol. The molecular formula is C23H29N3O6S2. The number of ether oxygens (including phenoxy) is 2. The molecule has 1 N–H and O–H groups in total. The number of rotatable bonds is 8. The van der Waals surface area contributed by atoms with E-state index in [2.05, 4.69) is 5.32 Å². The summed E-state index contributed by atoms with van der Waals surface area (Å²) in [4.78, 5) is 28.5. The molecule has 1 fully saturated rings. The number of sulfonamides is 1. The molecule has 34 heavy (non-hydrogen) atoms. The number of amides is 1. The first-order valence-corrected chi connectivity index (χ1v) is 13.6. The first-order chi connectivity index (χ1) is 16.3. The Balaban J connectivity index is 1.35. The van der Waals surface area contributed by atoms with Gasteiger partial charge in [0.1, 0.15) is 10.8 Å². The topological polar surface area (TPSA) is 105 Å². The van der Waals surface area contributed by atoms with Crippen molar-refractivity contribution in [2.75, 3.05) is 51.8 Å². The summed E-state index contributed by atoms with van der Waals surface area (Å²) in [5.74, 6) is -0.0247. The fourth-order valence-corrected chi connectivity index (χ4v) is 7.02. The highest BCUT2D eigenvalue weighted by Gasteiger charge is 2.31. The van der Waals surface area contributed by atoms with Crippen molar-refractivity contribution in [2.24, 2.45) is 0 Å². The van der Waals surface area contributed by atoms with Gasteiger partial charge in [0.25, 0.3) is 0 Å². The lowest BCUT2D eigenvalue weighted by atomic mass is 10.1. The summed E-state index contributed by atoms with van der Waals surface area (Å²) in [5, 5.41) is 3.45. The van der Waals surface area contributed by atoms with Gasteiger partial charge in [0, 0.05) is 31.1 Å². The number of carbonyl (C=O) groups excluding carboxylic acids is 2. The van der Waals surface area contributed by atoms with Gasteiger partial charge in [0.2, 0.25) is 15.9 Å². The van der Waals surface area contributed by atoms with Gasteiger partial charge in [-0.2, -0.15) is 4.31 Å². The molecule has 0 saturated carbocycles. The molecule has 0 atom stereocenters. The van der Waals surface area contributed by atoms with Gasteiger partial charge in [-0.1, -0.05) is 0 Å². The van der Waals surface area contributed by atoms with Crippen molar-refractivity contribution >= 4 is 38.2 Å². The van der Waals surface area contributed by atoms with Crippen LogP contribution in [0, 0.1) is 0 Å². The SMILES string of the molecule is CCOC(=O)c1c(NC(=O)CN2CCN(S(=O)(=O)c3ccc(OC)cc3)CC2)sc2c1CCC2. The highest BCUT2D eigenvalue weighted by molar-refractivity contribution is 7.89. The van der Waals surface area contributed by atoms with E-state index in [1.165, 1.54) is 34.9 Å². The number of methoxy groups -OCH3 is 1. The van der Waals surface area contributed by atoms with Crippen LogP contribution in [0.2, 0.25) is 0 Å². The van der Waals surface area contributed by atoms with E-state index in [1.54, 1.807) is 19.1 Å². The van der Waals surface area contributed by atoms with Gasteiger partial charge in [-0.3, -0.25) is 9.69 Å². The number of thiophene rings is 1. The second-order valence-corrected chi connectivity index (χ2v) is 11.2. The zero-order valence-electron chi connectivity index (χ0n) is 19.3. The van der Waals surface area contributed by atoms with E-state index in [-0.39, 0.29) is 24.0 Å². The average Bonchev–Trinajstić information content (AvgIpc) is 3.40. The number of hydrogen-bond acceptors (Lipinski definition) is 8. The largest absolute Gasteiger partial charge is 0.497 e. The third kappa shape index (κ3) is 5.12. The van der Waals surface area contributed by atoms with Crippen molar-refractivity contribution in [2.45, 2.75) is 31.1 Å². The maximum Gasteiger partial charge on any atom is 0.341 e. The van der Waals surface area contributed by atoms with Crippen LogP contribution < -0.4 is 10.1 Å². The van der Waals surface area contributed by atoms with Crippen LogP contribution in [-0.2, 0) is 32.4 Å². The van der Waals surface area contributed by atoms with Crippen molar-refractivity contribution < 1.29 is 27.5 Å². The summed E-state index contributed by atoms with van der Waals surface area (Å²) in [6, 6.07) is 6.32. The summed E-state index contributed by atoms with van der Waals surface area (Å²) in [6.45, 7) is 3.63. The van der Waals surface area contributed by atoms with Crippen LogP contribution in [0.15, 0.2) is 29.2 Å². The van der Waals surface area contributed by atoms with Crippen LogP contribution >= 0.6 is 11.3 Å². The smallest absolute Gasteiger partial charge is 0.341 e. The number of fused-ring (bicyclic) bond motifs is 1. The maximum absolute atomic E-state index is 12.9. The Labute approximate surface area is 203 Å². The molecule has 0 radical (unpaired) electrons. The van der Waals surface area contributed by atoms with Crippen LogP contribution in [0.1, 0.15) is 34.1 Å². The van der Waals surface area contributed by atoms with Crippen LogP contribution in [0.25, 0.3) is 0 Å². The molecule has 0 unspecified atom stereocenters. The number of anilines is 1. The van der Waals surface area contributed by atoms with E-state index in [4.69, 9.17) is 9.47 Å². The lowest BCUT2D eigenvalue weighted by Gasteiger charge is -2.33. The van der Waals surface area contributed by atoms with Crippen LogP contribution in [0.5, 0.6) is 5.75 Å². The Bertz CT molecular complexity index is 1150. The van der Waals surface area contributed by atoms with E-state index in [9.17, 15) is 18.0 Å². The van der Waals surface area contributed by atoms with Gasteiger partial charge in [-0.25, -0.2) is 13.2 Å². The fraction of sp³-hybridized carbons (Fsp3) is 0.478. The number of nitrogens with one attached hydrogen (secondary N) is 1. The standard InChI is InChI=1S/C23H29N3O6S2/c1-3-32-23(28)21-18-5-4-6-19(18)33-22(21)24-20(27)15-25-11-13-26(14-12-25)34(29,30)17-9-7-16(31-2)8-10-17/h7-10H,3-6,11-15H2,1-2H3,(H,24,27). The van der Waals surface area contributed by atoms with Crippen molar-refractivity contribution in [3.8, 4) is 5.75 Å². The predicted octanol–water partition coefficient (Wildman–Crippen LogP) is 2.37. The number of esters is 1. The van der Waals surface area contributed by atoms with Crippen molar-refractivity contribution in [3.63, 3.8) is 0 Å². The Hall–Kier alpha value is -2.47. The second kappa shape index (κ2) is 10.4. The van der Waals surface area contributed by atoms with E-state index in [0.717, 1.165) is 29.7 Å². The molecule has 0 bridgehead atoms. The molecule has 2 heterocycles. The minimum Gasteiger partial charge on any atom is -0.497 e. The van der Waals surface area contributed by atoms with E-state index in [1.807, 2.05) is 4.90 Å². The first kappa shape index (κ1) is 24.6. The molecule has 1 amide bonds. The molecule has 4 rings (SSSR count). The number of piperazine rings is 1. The molecule has 1 aliphatic heterocycles. The summed E-state index contributed by atoms with van der Waals surface area (Å²) < 4.78 is 37.6. The molecule has 9 nitrogen and oxygen atoms in total. The second-order valence-electron chi connectivity index (χ2n) is 8.19. The monoisotopic (exact) mass is 507 g/mol. The molecule has 1 aromatic carbocycles. The molecule has 1 aliphatic carbocycles. The quantitative estimate of drug-likeness (QED) is 0.547. The molecule has 2 aromatic rings.